The molecule has 0 aromatic carbocycles. The second kappa shape index (κ2) is 4.57. The third-order valence-corrected chi connectivity index (χ3v) is 3.91. The van der Waals surface area contributed by atoms with E-state index < -0.39 is 5.97 Å². The molecule has 5 heteroatoms. The van der Waals surface area contributed by atoms with Crippen LogP contribution in [-0.2, 0) is 4.84 Å². The molecule has 96 valence electrons. The molecule has 0 aliphatic carbocycles. The SMILES string of the molecule is CN1C2CCC1CC(=NOC(=O)c1ccco1)C2. The van der Waals surface area contributed by atoms with Gasteiger partial charge < -0.3 is 9.25 Å². The molecule has 2 fully saturated rings. The van der Waals surface area contributed by atoms with Crippen molar-refractivity contribution >= 4 is 11.7 Å². The maximum Gasteiger partial charge on any atom is 0.400 e. The average Bonchev–Trinajstić information content (AvgIpc) is 2.94. The van der Waals surface area contributed by atoms with Gasteiger partial charge in [-0.25, -0.2) is 4.79 Å². The second-order valence-electron chi connectivity index (χ2n) is 4.97. The topological polar surface area (TPSA) is 55.0 Å². The lowest BCUT2D eigenvalue weighted by Gasteiger charge is -2.31. The molecule has 2 atom stereocenters. The van der Waals surface area contributed by atoms with E-state index in [4.69, 9.17) is 9.25 Å². The zero-order chi connectivity index (χ0) is 12.5. The molecule has 3 rings (SSSR count). The first-order chi connectivity index (χ1) is 8.74. The molecule has 3 heterocycles. The number of rotatable bonds is 2. The number of fused-ring (bicyclic) bond motifs is 2. The third-order valence-electron chi connectivity index (χ3n) is 3.91. The Labute approximate surface area is 105 Å². The number of hydrogen-bond donors (Lipinski definition) is 0. The molecule has 2 saturated heterocycles. The molecule has 2 unspecified atom stereocenters. The lowest BCUT2D eigenvalue weighted by atomic mass is 10.0. The van der Waals surface area contributed by atoms with E-state index in [1.165, 1.54) is 19.1 Å². The number of nitrogens with zero attached hydrogens (tertiary/aromatic N) is 2. The van der Waals surface area contributed by atoms with Gasteiger partial charge in [-0.3, -0.25) is 4.90 Å². The molecule has 0 amide bonds. The molecule has 0 N–H and O–H groups in total. The summed E-state index contributed by atoms with van der Waals surface area (Å²) in [5, 5.41) is 3.99. The van der Waals surface area contributed by atoms with Crippen molar-refractivity contribution in [3.8, 4) is 0 Å². The van der Waals surface area contributed by atoms with Crippen LogP contribution in [0.15, 0.2) is 28.0 Å². The van der Waals surface area contributed by atoms with Crippen molar-refractivity contribution in [2.24, 2.45) is 5.16 Å². The lowest BCUT2D eigenvalue weighted by molar-refractivity contribution is 0.0474. The maximum atomic E-state index is 11.6. The van der Waals surface area contributed by atoms with Crippen molar-refractivity contribution in [2.75, 3.05) is 7.05 Å². The van der Waals surface area contributed by atoms with Crippen molar-refractivity contribution in [2.45, 2.75) is 37.8 Å². The van der Waals surface area contributed by atoms with Gasteiger partial charge in [0, 0.05) is 24.9 Å². The standard InChI is InChI=1S/C13H16N2O3/c1-15-10-4-5-11(15)8-9(7-10)14-18-13(16)12-3-2-6-17-12/h2-3,6,10-11H,4-5,7-8H2,1H3. The second-order valence-corrected chi connectivity index (χ2v) is 4.97. The Bertz CT molecular complexity index is 451. The van der Waals surface area contributed by atoms with E-state index in [1.807, 2.05) is 0 Å². The number of oxime groups is 1. The molecule has 1 aromatic rings. The van der Waals surface area contributed by atoms with Crippen LogP contribution in [0.1, 0.15) is 36.2 Å². The fourth-order valence-corrected chi connectivity index (χ4v) is 2.83. The van der Waals surface area contributed by atoms with Crippen LogP contribution in [-0.4, -0.2) is 35.7 Å². The molecular formula is C13H16N2O3. The highest BCUT2D eigenvalue weighted by atomic mass is 16.7. The van der Waals surface area contributed by atoms with Gasteiger partial charge >= 0.3 is 5.97 Å². The summed E-state index contributed by atoms with van der Waals surface area (Å²) >= 11 is 0. The van der Waals surface area contributed by atoms with Crippen LogP contribution in [0.3, 0.4) is 0 Å². The van der Waals surface area contributed by atoms with Crippen LogP contribution >= 0.6 is 0 Å². The molecule has 2 aliphatic rings. The first-order valence-electron chi connectivity index (χ1n) is 6.26. The van der Waals surface area contributed by atoms with Gasteiger partial charge in [0.25, 0.3) is 0 Å². The fraction of sp³-hybridized carbons (Fsp3) is 0.538. The predicted octanol–water partition coefficient (Wildman–Crippen LogP) is 2.05. The Morgan fingerprint density at radius 1 is 1.44 bits per heavy atom. The molecule has 2 bridgehead atoms. The largest absolute Gasteiger partial charge is 0.457 e. The Morgan fingerprint density at radius 2 is 2.17 bits per heavy atom. The summed E-state index contributed by atoms with van der Waals surface area (Å²) in [5.41, 5.74) is 0.987. The molecule has 0 saturated carbocycles. The maximum absolute atomic E-state index is 11.6. The summed E-state index contributed by atoms with van der Waals surface area (Å²) in [6.07, 6.45) is 5.68. The Hall–Kier alpha value is -1.62. The number of piperidine rings is 1. The minimum Gasteiger partial charge on any atom is -0.457 e. The van der Waals surface area contributed by atoms with Crippen LogP contribution in [0.4, 0.5) is 0 Å². The molecular weight excluding hydrogens is 232 g/mol. The number of furan rings is 1. The molecule has 0 radical (unpaired) electrons. The number of hydrogen-bond acceptors (Lipinski definition) is 5. The van der Waals surface area contributed by atoms with Gasteiger partial charge in [-0.1, -0.05) is 5.16 Å². The lowest BCUT2D eigenvalue weighted by Crippen LogP contribution is -2.40. The van der Waals surface area contributed by atoms with Gasteiger partial charge in [-0.2, -0.15) is 0 Å². The molecule has 0 spiro atoms. The van der Waals surface area contributed by atoms with Crippen LogP contribution in [0.5, 0.6) is 0 Å². The van der Waals surface area contributed by atoms with Crippen molar-refractivity contribution in [1.29, 1.82) is 0 Å². The summed E-state index contributed by atoms with van der Waals surface area (Å²) in [4.78, 5) is 18.9. The van der Waals surface area contributed by atoms with E-state index in [2.05, 4.69) is 17.1 Å². The highest BCUT2D eigenvalue weighted by Gasteiger charge is 2.37. The van der Waals surface area contributed by atoms with E-state index >= 15 is 0 Å². The van der Waals surface area contributed by atoms with Gasteiger partial charge in [0.15, 0.2) is 0 Å². The smallest absolute Gasteiger partial charge is 0.400 e. The minimum absolute atomic E-state index is 0.190. The fourth-order valence-electron chi connectivity index (χ4n) is 2.83. The van der Waals surface area contributed by atoms with Gasteiger partial charge in [0.05, 0.1) is 12.0 Å². The quantitative estimate of drug-likeness (QED) is 0.593. The van der Waals surface area contributed by atoms with Crippen molar-refractivity contribution < 1.29 is 14.0 Å². The highest BCUT2D eigenvalue weighted by Crippen LogP contribution is 2.32. The zero-order valence-electron chi connectivity index (χ0n) is 10.3. The third kappa shape index (κ3) is 2.06. The summed E-state index contributed by atoms with van der Waals surface area (Å²) in [5.74, 6) is -0.339. The molecule has 1 aromatic heterocycles. The Kier molecular flexibility index (Phi) is 2.91. The van der Waals surface area contributed by atoms with Gasteiger partial charge in [0.2, 0.25) is 5.76 Å². The molecule has 2 aliphatic heterocycles. The summed E-state index contributed by atoms with van der Waals surface area (Å²) < 4.78 is 4.95. The highest BCUT2D eigenvalue weighted by molar-refractivity contribution is 5.89. The van der Waals surface area contributed by atoms with Crippen molar-refractivity contribution in [3.63, 3.8) is 0 Å². The van der Waals surface area contributed by atoms with E-state index in [-0.39, 0.29) is 5.76 Å². The van der Waals surface area contributed by atoms with E-state index in [1.54, 1.807) is 12.1 Å². The average molecular weight is 248 g/mol. The molecule has 5 nitrogen and oxygen atoms in total. The first-order valence-corrected chi connectivity index (χ1v) is 6.26. The predicted molar refractivity (Wildman–Crippen MR) is 65.4 cm³/mol. The number of carbonyl (C=O) groups excluding carboxylic acids is 1. The zero-order valence-corrected chi connectivity index (χ0v) is 10.3. The Morgan fingerprint density at radius 3 is 2.78 bits per heavy atom. The van der Waals surface area contributed by atoms with Crippen molar-refractivity contribution in [1.82, 2.24) is 4.90 Å². The monoisotopic (exact) mass is 248 g/mol. The summed E-state index contributed by atoms with van der Waals surface area (Å²) in [6.45, 7) is 0. The van der Waals surface area contributed by atoms with E-state index in [0.717, 1.165) is 18.6 Å². The minimum atomic E-state index is -0.529. The summed E-state index contributed by atoms with van der Waals surface area (Å²) in [6, 6.07) is 4.34. The molecule has 18 heavy (non-hydrogen) atoms. The summed E-state index contributed by atoms with van der Waals surface area (Å²) in [7, 11) is 2.16. The van der Waals surface area contributed by atoms with Gasteiger partial charge in [-0.15, -0.1) is 0 Å². The van der Waals surface area contributed by atoms with Crippen LogP contribution in [0.2, 0.25) is 0 Å². The van der Waals surface area contributed by atoms with Gasteiger partial charge in [-0.05, 0) is 32.0 Å². The van der Waals surface area contributed by atoms with Crippen molar-refractivity contribution in [3.05, 3.63) is 24.2 Å². The van der Waals surface area contributed by atoms with E-state index in [0.29, 0.717) is 12.1 Å². The number of carbonyl (C=O) groups is 1. The first kappa shape index (κ1) is 11.5. The Balaban J connectivity index is 1.63. The van der Waals surface area contributed by atoms with Crippen LogP contribution in [0.25, 0.3) is 0 Å². The van der Waals surface area contributed by atoms with E-state index in [9.17, 15) is 4.79 Å². The van der Waals surface area contributed by atoms with Gasteiger partial charge in [0.1, 0.15) is 0 Å². The van der Waals surface area contributed by atoms with Crippen LogP contribution < -0.4 is 0 Å². The van der Waals surface area contributed by atoms with Crippen LogP contribution in [0, 0.1) is 0 Å². The normalized spacial score (nSPS) is 27.3.